The maximum absolute atomic E-state index is 3.56. The summed E-state index contributed by atoms with van der Waals surface area (Å²) in [7, 11) is 0. The van der Waals surface area contributed by atoms with E-state index in [1.807, 2.05) is 13.0 Å². The van der Waals surface area contributed by atoms with Crippen molar-refractivity contribution in [3.8, 4) is 0 Å². The van der Waals surface area contributed by atoms with Gasteiger partial charge in [-0.15, -0.1) is 0 Å². The van der Waals surface area contributed by atoms with E-state index in [1.54, 1.807) is 12.2 Å². The van der Waals surface area contributed by atoms with Crippen LogP contribution in [0.1, 0.15) is 26.7 Å². The predicted octanol–water partition coefficient (Wildman–Crippen LogP) is 3.31. The van der Waals surface area contributed by atoms with Crippen LogP contribution in [0.3, 0.4) is 0 Å². The van der Waals surface area contributed by atoms with Gasteiger partial charge in [-0.3, -0.25) is 0 Å². The fourth-order valence-electron chi connectivity index (χ4n) is 1.28. The van der Waals surface area contributed by atoms with Gasteiger partial charge in [0.1, 0.15) is 0 Å². The molecule has 1 aliphatic rings. The molecule has 1 fully saturated rings. The van der Waals surface area contributed by atoms with Crippen molar-refractivity contribution in [3.63, 3.8) is 0 Å². The smallest absolute Gasteiger partial charge is 0.00231 e. The standard InChI is InChI=1S/C7H10.C6H13N/c1-4-6-7(3)5-2;1-6-3-2-4-7-5-6/h4-6H,1-2H2,3H3;6-7H,2-5H2,1H3/b7-6-;/t;6-/m.1/s1. The Hall–Kier alpha value is -0.820. The molecule has 0 aromatic rings. The molecular weight excluding hydrogens is 170 g/mol. The van der Waals surface area contributed by atoms with Gasteiger partial charge in [0.05, 0.1) is 0 Å². The Labute approximate surface area is 88.6 Å². The summed E-state index contributed by atoms with van der Waals surface area (Å²) < 4.78 is 0. The summed E-state index contributed by atoms with van der Waals surface area (Å²) in [5, 5.41) is 3.33. The van der Waals surface area contributed by atoms with Crippen molar-refractivity contribution in [1.29, 1.82) is 0 Å². The van der Waals surface area contributed by atoms with Crippen molar-refractivity contribution in [2.24, 2.45) is 5.92 Å². The maximum atomic E-state index is 3.56. The Kier molecular flexibility index (Phi) is 8.25. The number of rotatable bonds is 2. The van der Waals surface area contributed by atoms with Crippen LogP contribution in [0.2, 0.25) is 0 Å². The van der Waals surface area contributed by atoms with Crippen molar-refractivity contribution in [2.75, 3.05) is 13.1 Å². The van der Waals surface area contributed by atoms with E-state index < -0.39 is 0 Å². The topological polar surface area (TPSA) is 12.0 Å². The van der Waals surface area contributed by atoms with E-state index >= 15 is 0 Å². The quantitative estimate of drug-likeness (QED) is 0.663. The highest BCUT2D eigenvalue weighted by Crippen LogP contribution is 2.06. The Balaban J connectivity index is 0.000000241. The lowest BCUT2D eigenvalue weighted by Crippen LogP contribution is -2.27. The van der Waals surface area contributed by atoms with Crippen LogP contribution in [-0.4, -0.2) is 13.1 Å². The zero-order valence-electron chi connectivity index (χ0n) is 9.55. The molecule has 1 atom stereocenters. The van der Waals surface area contributed by atoms with Crippen LogP contribution in [0, 0.1) is 5.92 Å². The lowest BCUT2D eigenvalue weighted by molar-refractivity contribution is 0.405. The summed E-state index contributed by atoms with van der Waals surface area (Å²) in [6.45, 7) is 13.8. The fourth-order valence-corrected chi connectivity index (χ4v) is 1.28. The van der Waals surface area contributed by atoms with Gasteiger partial charge in [0.25, 0.3) is 0 Å². The summed E-state index contributed by atoms with van der Waals surface area (Å²) in [5.41, 5.74) is 1.15. The molecule has 1 N–H and O–H groups in total. The van der Waals surface area contributed by atoms with Crippen molar-refractivity contribution < 1.29 is 0 Å². The van der Waals surface area contributed by atoms with Crippen LogP contribution in [0.25, 0.3) is 0 Å². The second kappa shape index (κ2) is 8.76. The Morgan fingerprint density at radius 2 is 2.14 bits per heavy atom. The summed E-state index contributed by atoms with van der Waals surface area (Å²) in [6.07, 6.45) is 8.25. The zero-order valence-corrected chi connectivity index (χ0v) is 9.55. The van der Waals surface area contributed by atoms with Gasteiger partial charge in [0.2, 0.25) is 0 Å². The number of piperidine rings is 1. The molecule has 0 unspecified atom stereocenters. The summed E-state index contributed by atoms with van der Waals surface area (Å²) in [5.74, 6) is 0.925. The molecule has 0 spiro atoms. The first-order chi connectivity index (χ1) is 6.70. The van der Waals surface area contributed by atoms with Crippen LogP contribution in [0.4, 0.5) is 0 Å². The van der Waals surface area contributed by atoms with Crippen LogP contribution in [0.5, 0.6) is 0 Å². The first-order valence-electron chi connectivity index (χ1n) is 5.33. The molecule has 0 aromatic carbocycles. The number of allylic oxidation sites excluding steroid dienone is 4. The van der Waals surface area contributed by atoms with Crippen LogP contribution in [-0.2, 0) is 0 Å². The van der Waals surface area contributed by atoms with Gasteiger partial charge in [-0.2, -0.15) is 0 Å². The maximum Gasteiger partial charge on any atom is -0.00231 e. The van der Waals surface area contributed by atoms with Crippen LogP contribution >= 0.6 is 0 Å². The molecule has 1 rings (SSSR count). The molecule has 1 saturated heterocycles. The van der Waals surface area contributed by atoms with Crippen LogP contribution in [0.15, 0.2) is 37.0 Å². The average molecular weight is 193 g/mol. The van der Waals surface area contributed by atoms with Crippen molar-refractivity contribution in [2.45, 2.75) is 26.7 Å². The third kappa shape index (κ3) is 7.81. The highest BCUT2D eigenvalue weighted by atomic mass is 14.9. The van der Waals surface area contributed by atoms with Crippen molar-refractivity contribution >= 4 is 0 Å². The van der Waals surface area contributed by atoms with E-state index in [0.717, 1.165) is 11.5 Å². The normalized spacial score (nSPS) is 21.9. The molecule has 0 saturated carbocycles. The number of hydrogen-bond acceptors (Lipinski definition) is 1. The summed E-state index contributed by atoms with van der Waals surface area (Å²) >= 11 is 0. The van der Waals surface area contributed by atoms with E-state index in [1.165, 1.54) is 25.9 Å². The first-order valence-corrected chi connectivity index (χ1v) is 5.33. The van der Waals surface area contributed by atoms with E-state index in [0.29, 0.717) is 0 Å². The molecule has 0 aromatic heterocycles. The lowest BCUT2D eigenvalue weighted by atomic mass is 10.0. The SMILES string of the molecule is C=C/C=C(/C)C=C.C[C@@H]1CCCNC1. The second-order valence-electron chi connectivity index (χ2n) is 3.80. The molecule has 0 bridgehead atoms. The molecule has 1 nitrogen and oxygen atoms in total. The van der Waals surface area contributed by atoms with Crippen molar-refractivity contribution in [3.05, 3.63) is 37.0 Å². The monoisotopic (exact) mass is 193 g/mol. The molecule has 1 heteroatoms. The van der Waals surface area contributed by atoms with Crippen LogP contribution < -0.4 is 5.32 Å². The molecule has 0 amide bonds. The molecular formula is C13H23N. The molecule has 0 aliphatic carbocycles. The van der Waals surface area contributed by atoms with E-state index in [4.69, 9.17) is 0 Å². The third-order valence-electron chi connectivity index (χ3n) is 2.25. The molecule has 0 radical (unpaired) electrons. The summed E-state index contributed by atoms with van der Waals surface area (Å²) in [4.78, 5) is 0. The summed E-state index contributed by atoms with van der Waals surface area (Å²) in [6, 6.07) is 0. The molecule has 1 aliphatic heterocycles. The minimum atomic E-state index is 0.925. The van der Waals surface area contributed by atoms with Gasteiger partial charge in [-0.25, -0.2) is 0 Å². The highest BCUT2D eigenvalue weighted by molar-refractivity contribution is 5.17. The zero-order chi connectivity index (χ0) is 10.8. The van der Waals surface area contributed by atoms with Gasteiger partial charge in [0, 0.05) is 0 Å². The predicted molar refractivity (Wildman–Crippen MR) is 65.4 cm³/mol. The Morgan fingerprint density at radius 3 is 2.36 bits per heavy atom. The second-order valence-corrected chi connectivity index (χ2v) is 3.80. The molecule has 1 heterocycles. The highest BCUT2D eigenvalue weighted by Gasteiger charge is 2.04. The number of hydrogen-bond donors (Lipinski definition) is 1. The molecule has 80 valence electrons. The first kappa shape index (κ1) is 13.2. The van der Waals surface area contributed by atoms with Gasteiger partial charge >= 0.3 is 0 Å². The van der Waals surface area contributed by atoms with Gasteiger partial charge in [-0.05, 0) is 38.8 Å². The van der Waals surface area contributed by atoms with E-state index in [2.05, 4.69) is 25.4 Å². The minimum Gasteiger partial charge on any atom is -0.316 e. The van der Waals surface area contributed by atoms with Gasteiger partial charge in [0.15, 0.2) is 0 Å². The van der Waals surface area contributed by atoms with E-state index in [9.17, 15) is 0 Å². The van der Waals surface area contributed by atoms with Gasteiger partial charge < -0.3 is 5.32 Å². The largest absolute Gasteiger partial charge is 0.316 e. The minimum absolute atomic E-state index is 0.925. The third-order valence-corrected chi connectivity index (χ3v) is 2.25. The van der Waals surface area contributed by atoms with Gasteiger partial charge in [-0.1, -0.05) is 43.9 Å². The Bertz CT molecular complexity index is 185. The van der Waals surface area contributed by atoms with E-state index in [-0.39, 0.29) is 0 Å². The Morgan fingerprint density at radius 1 is 1.43 bits per heavy atom. The average Bonchev–Trinajstić information content (AvgIpc) is 2.20. The fraction of sp³-hybridized carbons (Fsp3) is 0.538. The molecule has 14 heavy (non-hydrogen) atoms. The van der Waals surface area contributed by atoms with Crippen molar-refractivity contribution in [1.82, 2.24) is 5.32 Å². The lowest BCUT2D eigenvalue weighted by Gasteiger charge is -2.17. The number of nitrogens with one attached hydrogen (secondary N) is 1.